The van der Waals surface area contributed by atoms with Crippen molar-refractivity contribution in [3.8, 4) is 0 Å². The van der Waals surface area contributed by atoms with E-state index in [-0.39, 0.29) is 5.97 Å². The number of fused-ring (bicyclic) bond motifs is 1. The van der Waals surface area contributed by atoms with Crippen molar-refractivity contribution in [2.24, 2.45) is 5.92 Å². The predicted molar refractivity (Wildman–Crippen MR) is 70.6 cm³/mol. The van der Waals surface area contributed by atoms with Gasteiger partial charge in [-0.25, -0.2) is 15.0 Å². The molecule has 1 unspecified atom stereocenters. The molecule has 7 heteroatoms. The summed E-state index contributed by atoms with van der Waals surface area (Å²) in [5.74, 6) is 0.799. The molecule has 2 aromatic rings. The highest BCUT2D eigenvalue weighted by Crippen LogP contribution is 2.14. The van der Waals surface area contributed by atoms with Gasteiger partial charge in [0.1, 0.15) is 11.8 Å². The first-order chi connectivity index (χ1) is 9.16. The number of hydrogen-bond acceptors (Lipinski definition) is 6. The van der Waals surface area contributed by atoms with Crippen LogP contribution in [0, 0.1) is 5.92 Å². The second-order valence-electron chi connectivity index (χ2n) is 4.45. The van der Waals surface area contributed by atoms with Crippen LogP contribution < -0.4 is 5.32 Å². The van der Waals surface area contributed by atoms with E-state index in [2.05, 4.69) is 25.3 Å². The fourth-order valence-electron chi connectivity index (χ4n) is 1.68. The Kier molecular flexibility index (Phi) is 4.27. The van der Waals surface area contributed by atoms with E-state index in [0.29, 0.717) is 18.2 Å². The molecule has 0 aromatic carbocycles. The number of rotatable bonds is 6. The fraction of sp³-hybridized carbons (Fsp3) is 0.500. The molecular weight excluding hydrogens is 246 g/mol. The normalized spacial score (nSPS) is 12.3. The van der Waals surface area contributed by atoms with Crippen molar-refractivity contribution >= 4 is 23.0 Å². The highest BCUT2D eigenvalue weighted by atomic mass is 16.5. The number of nitrogens with one attached hydrogen (secondary N) is 2. The number of hydrogen-bond donors (Lipinski definition) is 2. The van der Waals surface area contributed by atoms with Crippen molar-refractivity contribution in [3.63, 3.8) is 0 Å². The third-order valence-electron chi connectivity index (χ3n) is 2.72. The Bertz CT molecular complexity index is 554. The third-order valence-corrected chi connectivity index (χ3v) is 2.72. The maximum Gasteiger partial charge on any atom is 0.302 e. The van der Waals surface area contributed by atoms with Gasteiger partial charge in [0.2, 0.25) is 0 Å². The maximum absolute atomic E-state index is 10.7. The number of anilines is 1. The Labute approximate surface area is 110 Å². The van der Waals surface area contributed by atoms with Gasteiger partial charge < -0.3 is 15.0 Å². The van der Waals surface area contributed by atoms with E-state index >= 15 is 0 Å². The second kappa shape index (κ2) is 6.12. The summed E-state index contributed by atoms with van der Waals surface area (Å²) in [7, 11) is 0. The topological polar surface area (TPSA) is 92.8 Å². The average Bonchev–Trinajstić information content (AvgIpc) is 2.85. The fourth-order valence-corrected chi connectivity index (χ4v) is 1.68. The molecule has 1 atom stereocenters. The lowest BCUT2D eigenvalue weighted by molar-refractivity contribution is -0.142. The second-order valence-corrected chi connectivity index (χ2v) is 4.45. The summed E-state index contributed by atoms with van der Waals surface area (Å²) in [6, 6.07) is 0. The Hall–Kier alpha value is -2.18. The lowest BCUT2D eigenvalue weighted by atomic mass is 10.1. The van der Waals surface area contributed by atoms with Crippen molar-refractivity contribution in [3.05, 3.63) is 12.7 Å². The first-order valence-electron chi connectivity index (χ1n) is 6.18. The molecule has 0 aliphatic heterocycles. The van der Waals surface area contributed by atoms with Gasteiger partial charge in [-0.15, -0.1) is 0 Å². The molecule has 0 fully saturated rings. The minimum absolute atomic E-state index is 0.241. The largest absolute Gasteiger partial charge is 0.466 e. The molecule has 0 aliphatic rings. The molecule has 0 radical (unpaired) electrons. The number of aromatic nitrogens is 4. The number of carbonyl (C=O) groups excluding carboxylic acids is 1. The van der Waals surface area contributed by atoms with E-state index in [1.165, 1.54) is 13.3 Å². The van der Waals surface area contributed by atoms with E-state index in [0.717, 1.165) is 24.3 Å². The molecule has 7 nitrogen and oxygen atoms in total. The minimum atomic E-state index is -0.241. The molecular formula is C12H17N5O2. The molecule has 2 aromatic heterocycles. The van der Waals surface area contributed by atoms with E-state index in [4.69, 9.17) is 4.74 Å². The molecule has 19 heavy (non-hydrogen) atoms. The van der Waals surface area contributed by atoms with Crippen LogP contribution in [0.3, 0.4) is 0 Å². The Balaban J connectivity index is 1.82. The SMILES string of the molecule is CC(=O)OCC(C)CCNc1ncnc2nc[nH]c12. The monoisotopic (exact) mass is 263 g/mol. The Morgan fingerprint density at radius 2 is 2.32 bits per heavy atom. The first-order valence-corrected chi connectivity index (χ1v) is 6.18. The molecule has 2 heterocycles. The molecule has 102 valence electrons. The lowest BCUT2D eigenvalue weighted by Gasteiger charge is -2.12. The van der Waals surface area contributed by atoms with Crippen LogP contribution in [0.4, 0.5) is 5.82 Å². The summed E-state index contributed by atoms with van der Waals surface area (Å²) < 4.78 is 4.96. The highest BCUT2D eigenvalue weighted by Gasteiger charge is 2.07. The number of carbonyl (C=O) groups is 1. The van der Waals surface area contributed by atoms with Gasteiger partial charge in [0.25, 0.3) is 0 Å². The summed E-state index contributed by atoms with van der Waals surface area (Å²) in [5.41, 5.74) is 1.45. The zero-order valence-electron chi connectivity index (χ0n) is 11.0. The predicted octanol–water partition coefficient (Wildman–Crippen LogP) is 1.35. The lowest BCUT2D eigenvalue weighted by Crippen LogP contribution is -2.14. The zero-order valence-corrected chi connectivity index (χ0v) is 11.0. The molecule has 2 rings (SSSR count). The number of esters is 1. The van der Waals surface area contributed by atoms with E-state index < -0.39 is 0 Å². The minimum Gasteiger partial charge on any atom is -0.466 e. The van der Waals surface area contributed by atoms with Crippen LogP contribution in [0.25, 0.3) is 11.2 Å². The van der Waals surface area contributed by atoms with Gasteiger partial charge in [-0.2, -0.15) is 0 Å². The maximum atomic E-state index is 10.7. The number of ether oxygens (including phenoxy) is 1. The van der Waals surface area contributed by atoms with Gasteiger partial charge in [0.15, 0.2) is 11.5 Å². The standard InChI is InChI=1S/C12H17N5O2/c1-8(5-19-9(2)18)3-4-13-11-10-12(15-6-14-10)17-7-16-11/h6-8H,3-5H2,1-2H3,(H2,13,14,15,16,17). The summed E-state index contributed by atoms with van der Waals surface area (Å²) in [6.07, 6.45) is 3.95. The summed E-state index contributed by atoms with van der Waals surface area (Å²) in [5, 5.41) is 3.23. The molecule has 2 N–H and O–H groups in total. The Morgan fingerprint density at radius 1 is 1.47 bits per heavy atom. The number of imidazole rings is 1. The van der Waals surface area contributed by atoms with E-state index in [1.807, 2.05) is 6.92 Å². The van der Waals surface area contributed by atoms with Crippen LogP contribution >= 0.6 is 0 Å². The number of aromatic amines is 1. The van der Waals surface area contributed by atoms with Crippen LogP contribution in [-0.4, -0.2) is 39.1 Å². The van der Waals surface area contributed by atoms with Crippen molar-refractivity contribution in [1.82, 2.24) is 19.9 Å². The Morgan fingerprint density at radius 3 is 3.11 bits per heavy atom. The zero-order chi connectivity index (χ0) is 13.7. The van der Waals surface area contributed by atoms with Gasteiger partial charge in [0.05, 0.1) is 12.9 Å². The van der Waals surface area contributed by atoms with Gasteiger partial charge in [-0.1, -0.05) is 6.92 Å². The van der Waals surface area contributed by atoms with Crippen molar-refractivity contribution in [2.75, 3.05) is 18.5 Å². The summed E-state index contributed by atoms with van der Waals surface area (Å²) in [6.45, 7) is 4.64. The van der Waals surface area contributed by atoms with Crippen LogP contribution in [0.5, 0.6) is 0 Å². The molecule has 0 aliphatic carbocycles. The van der Waals surface area contributed by atoms with Crippen molar-refractivity contribution < 1.29 is 9.53 Å². The van der Waals surface area contributed by atoms with Crippen molar-refractivity contribution in [1.29, 1.82) is 0 Å². The van der Waals surface area contributed by atoms with Crippen molar-refractivity contribution in [2.45, 2.75) is 20.3 Å². The average molecular weight is 263 g/mol. The van der Waals surface area contributed by atoms with Gasteiger partial charge in [-0.3, -0.25) is 4.79 Å². The quantitative estimate of drug-likeness (QED) is 0.764. The first kappa shape index (κ1) is 13.3. The third kappa shape index (κ3) is 3.64. The van der Waals surface area contributed by atoms with Crippen LogP contribution in [0.2, 0.25) is 0 Å². The highest BCUT2D eigenvalue weighted by molar-refractivity contribution is 5.81. The van der Waals surface area contributed by atoms with Gasteiger partial charge >= 0.3 is 5.97 Å². The number of nitrogens with zero attached hydrogens (tertiary/aromatic N) is 3. The van der Waals surface area contributed by atoms with Crippen LogP contribution in [0.1, 0.15) is 20.3 Å². The molecule has 0 saturated heterocycles. The number of H-pyrrole nitrogens is 1. The van der Waals surface area contributed by atoms with Crippen LogP contribution in [-0.2, 0) is 9.53 Å². The van der Waals surface area contributed by atoms with E-state index in [9.17, 15) is 4.79 Å². The molecule has 0 bridgehead atoms. The molecule has 0 amide bonds. The summed E-state index contributed by atoms with van der Waals surface area (Å²) >= 11 is 0. The molecule has 0 spiro atoms. The van der Waals surface area contributed by atoms with Crippen LogP contribution in [0.15, 0.2) is 12.7 Å². The molecule has 0 saturated carbocycles. The summed E-state index contributed by atoms with van der Waals surface area (Å²) in [4.78, 5) is 26.0. The van der Waals surface area contributed by atoms with Gasteiger partial charge in [0, 0.05) is 13.5 Å². The van der Waals surface area contributed by atoms with E-state index in [1.54, 1.807) is 6.33 Å². The smallest absolute Gasteiger partial charge is 0.302 e. The van der Waals surface area contributed by atoms with Gasteiger partial charge in [-0.05, 0) is 12.3 Å².